The fourth-order valence-corrected chi connectivity index (χ4v) is 1.98. The molecule has 0 amide bonds. The van der Waals surface area contributed by atoms with Gasteiger partial charge in [0, 0.05) is 27.9 Å². The Bertz CT molecular complexity index is 270. The van der Waals surface area contributed by atoms with E-state index in [0.29, 0.717) is 5.25 Å². The van der Waals surface area contributed by atoms with Crippen LogP contribution in [0.25, 0.3) is 0 Å². The van der Waals surface area contributed by atoms with Gasteiger partial charge in [-0.2, -0.15) is 11.8 Å². The van der Waals surface area contributed by atoms with Crippen LogP contribution in [0.15, 0.2) is 22.9 Å². The van der Waals surface area contributed by atoms with Crippen molar-refractivity contribution in [3.8, 4) is 0 Å². The van der Waals surface area contributed by atoms with E-state index in [4.69, 9.17) is 5.11 Å². The monoisotopic (exact) mass is 261 g/mol. The molecule has 1 aromatic rings. The molecule has 1 aromatic heterocycles. The topological polar surface area (TPSA) is 33.1 Å². The van der Waals surface area contributed by atoms with E-state index in [9.17, 15) is 0 Å². The molecule has 13 heavy (non-hydrogen) atoms. The van der Waals surface area contributed by atoms with Crippen molar-refractivity contribution in [3.63, 3.8) is 0 Å². The van der Waals surface area contributed by atoms with Crippen LogP contribution in [0.2, 0.25) is 0 Å². The summed E-state index contributed by atoms with van der Waals surface area (Å²) in [6.07, 6.45) is 3.62. The lowest BCUT2D eigenvalue weighted by molar-refractivity contribution is 0.300. The highest BCUT2D eigenvalue weighted by Gasteiger charge is 2.01. The average molecular weight is 262 g/mol. The first-order chi connectivity index (χ1) is 6.22. The van der Waals surface area contributed by atoms with Gasteiger partial charge in [0.25, 0.3) is 0 Å². The van der Waals surface area contributed by atoms with Gasteiger partial charge in [-0.25, -0.2) is 0 Å². The van der Waals surface area contributed by atoms with Gasteiger partial charge in [-0.05, 0) is 27.6 Å². The number of nitrogens with zero attached hydrogens (tertiary/aromatic N) is 1. The highest BCUT2D eigenvalue weighted by Crippen LogP contribution is 2.18. The Morgan fingerprint density at radius 1 is 1.62 bits per heavy atom. The largest absolute Gasteiger partial charge is 0.395 e. The molecule has 0 bridgehead atoms. The summed E-state index contributed by atoms with van der Waals surface area (Å²) in [5.41, 5.74) is 1.18. The van der Waals surface area contributed by atoms with Crippen LogP contribution in [0.4, 0.5) is 0 Å². The Balaban J connectivity index is 2.45. The Hall–Kier alpha value is -0.0600. The number of hydrogen-bond donors (Lipinski definition) is 1. The minimum atomic E-state index is 0.228. The van der Waals surface area contributed by atoms with Crippen molar-refractivity contribution in [2.45, 2.75) is 17.9 Å². The standard InChI is InChI=1S/C9H12BrNOS/c1-7(5-12)13-6-8-2-9(10)4-11-3-8/h2-4,7,12H,5-6H2,1H3. The van der Waals surface area contributed by atoms with Crippen molar-refractivity contribution in [1.29, 1.82) is 0 Å². The predicted molar refractivity (Wildman–Crippen MR) is 59.8 cm³/mol. The van der Waals surface area contributed by atoms with Gasteiger partial charge < -0.3 is 5.11 Å². The van der Waals surface area contributed by atoms with E-state index in [1.54, 1.807) is 18.0 Å². The molecule has 1 heterocycles. The number of aliphatic hydroxyl groups excluding tert-OH is 1. The maximum absolute atomic E-state index is 8.82. The third kappa shape index (κ3) is 4.11. The van der Waals surface area contributed by atoms with E-state index >= 15 is 0 Å². The fraction of sp³-hybridized carbons (Fsp3) is 0.444. The van der Waals surface area contributed by atoms with Gasteiger partial charge in [0.2, 0.25) is 0 Å². The second-order valence-corrected chi connectivity index (χ2v) is 5.16. The smallest absolute Gasteiger partial charge is 0.0547 e. The van der Waals surface area contributed by atoms with Crippen LogP contribution in [-0.2, 0) is 5.75 Å². The molecular formula is C9H12BrNOS. The van der Waals surface area contributed by atoms with E-state index in [2.05, 4.69) is 20.9 Å². The summed E-state index contributed by atoms with van der Waals surface area (Å²) in [4.78, 5) is 4.07. The third-order valence-electron chi connectivity index (χ3n) is 1.55. The number of hydrogen-bond acceptors (Lipinski definition) is 3. The summed E-state index contributed by atoms with van der Waals surface area (Å²) < 4.78 is 1.00. The number of rotatable bonds is 4. The van der Waals surface area contributed by atoms with E-state index in [-0.39, 0.29) is 6.61 Å². The fourth-order valence-electron chi connectivity index (χ4n) is 0.826. The number of halogens is 1. The lowest BCUT2D eigenvalue weighted by atomic mass is 10.3. The molecule has 2 nitrogen and oxygen atoms in total. The summed E-state index contributed by atoms with van der Waals surface area (Å²) in [5, 5.41) is 9.11. The molecule has 1 rings (SSSR count). The zero-order valence-corrected chi connectivity index (χ0v) is 9.81. The van der Waals surface area contributed by atoms with Crippen molar-refractivity contribution < 1.29 is 5.11 Å². The lowest BCUT2D eigenvalue weighted by Gasteiger charge is -2.06. The van der Waals surface area contributed by atoms with E-state index in [1.165, 1.54) is 5.56 Å². The van der Waals surface area contributed by atoms with Gasteiger partial charge in [0.15, 0.2) is 0 Å². The Kier molecular flexibility index (Phi) is 4.77. The van der Waals surface area contributed by atoms with Crippen LogP contribution < -0.4 is 0 Å². The first kappa shape index (κ1) is 11.0. The number of pyridine rings is 1. The molecule has 0 saturated heterocycles. The Labute approximate surface area is 90.9 Å². The normalized spacial score (nSPS) is 12.8. The maximum atomic E-state index is 8.82. The Morgan fingerprint density at radius 2 is 2.38 bits per heavy atom. The molecule has 72 valence electrons. The van der Waals surface area contributed by atoms with Crippen LogP contribution in [-0.4, -0.2) is 21.9 Å². The zero-order valence-electron chi connectivity index (χ0n) is 7.40. The quantitative estimate of drug-likeness (QED) is 0.904. The van der Waals surface area contributed by atoms with Crippen molar-refractivity contribution >= 4 is 27.7 Å². The summed E-state index contributed by atoms with van der Waals surface area (Å²) >= 11 is 5.09. The van der Waals surface area contributed by atoms with Gasteiger partial charge in [-0.1, -0.05) is 6.92 Å². The minimum absolute atomic E-state index is 0.228. The first-order valence-electron chi connectivity index (χ1n) is 4.04. The van der Waals surface area contributed by atoms with Gasteiger partial charge >= 0.3 is 0 Å². The summed E-state index contributed by atoms with van der Waals surface area (Å²) in [6, 6.07) is 2.05. The molecule has 0 aliphatic heterocycles. The van der Waals surface area contributed by atoms with Crippen molar-refractivity contribution in [2.75, 3.05) is 6.61 Å². The molecule has 1 unspecified atom stereocenters. The molecule has 0 aliphatic rings. The second-order valence-electron chi connectivity index (χ2n) is 2.82. The van der Waals surface area contributed by atoms with E-state index < -0.39 is 0 Å². The average Bonchev–Trinajstić information content (AvgIpc) is 2.14. The molecule has 0 fully saturated rings. The molecule has 1 N–H and O–H groups in total. The first-order valence-corrected chi connectivity index (χ1v) is 5.88. The van der Waals surface area contributed by atoms with Crippen molar-refractivity contribution in [3.05, 3.63) is 28.5 Å². The number of thioether (sulfide) groups is 1. The highest BCUT2D eigenvalue weighted by atomic mass is 79.9. The highest BCUT2D eigenvalue weighted by molar-refractivity contribution is 9.10. The molecule has 0 radical (unpaired) electrons. The summed E-state index contributed by atoms with van der Waals surface area (Å²) in [6.45, 7) is 2.24. The lowest BCUT2D eigenvalue weighted by Crippen LogP contribution is -2.02. The van der Waals surface area contributed by atoms with Crippen LogP contribution in [0.3, 0.4) is 0 Å². The molecular weight excluding hydrogens is 250 g/mol. The van der Waals surface area contributed by atoms with Gasteiger partial charge in [0.05, 0.1) is 6.61 Å². The van der Waals surface area contributed by atoms with Crippen LogP contribution in [0, 0.1) is 0 Å². The maximum Gasteiger partial charge on any atom is 0.0547 e. The number of aromatic nitrogens is 1. The molecule has 0 spiro atoms. The second kappa shape index (κ2) is 5.62. The van der Waals surface area contributed by atoms with Crippen LogP contribution >= 0.6 is 27.7 Å². The van der Waals surface area contributed by atoms with Gasteiger partial charge in [0.1, 0.15) is 0 Å². The van der Waals surface area contributed by atoms with Gasteiger partial charge in [-0.3, -0.25) is 4.98 Å². The third-order valence-corrected chi connectivity index (χ3v) is 3.20. The molecule has 1 atom stereocenters. The summed E-state index contributed by atoms with van der Waals surface area (Å²) in [5.74, 6) is 0.897. The van der Waals surface area contributed by atoms with Crippen LogP contribution in [0.1, 0.15) is 12.5 Å². The van der Waals surface area contributed by atoms with E-state index in [1.807, 2.05) is 19.2 Å². The van der Waals surface area contributed by atoms with Crippen LogP contribution in [0.5, 0.6) is 0 Å². The minimum Gasteiger partial charge on any atom is -0.395 e. The van der Waals surface area contributed by atoms with E-state index in [0.717, 1.165) is 10.2 Å². The molecule has 0 aliphatic carbocycles. The molecule has 0 aromatic carbocycles. The Morgan fingerprint density at radius 3 is 3.00 bits per heavy atom. The SMILES string of the molecule is CC(CO)SCc1cncc(Br)c1. The number of aliphatic hydroxyl groups is 1. The predicted octanol–water partition coefficient (Wildman–Crippen LogP) is 2.46. The van der Waals surface area contributed by atoms with Crippen molar-refractivity contribution in [1.82, 2.24) is 4.98 Å². The zero-order chi connectivity index (χ0) is 9.68. The molecule has 4 heteroatoms. The van der Waals surface area contributed by atoms with Crippen molar-refractivity contribution in [2.24, 2.45) is 0 Å². The molecule has 0 saturated carbocycles. The van der Waals surface area contributed by atoms with Gasteiger partial charge in [-0.15, -0.1) is 0 Å². The summed E-state index contributed by atoms with van der Waals surface area (Å²) in [7, 11) is 0.